The van der Waals surface area contributed by atoms with Crippen LogP contribution in [0.5, 0.6) is 0 Å². The Kier molecular flexibility index (Phi) is 15.5. The molecular weight excluding hydrogens is 444 g/mol. The molecule has 33 heavy (non-hydrogen) atoms. The predicted octanol–water partition coefficient (Wildman–Crippen LogP) is 5.98. The zero-order chi connectivity index (χ0) is 24.4. The van der Waals surface area contributed by atoms with Crippen LogP contribution in [0.25, 0.3) is 0 Å². The molecule has 0 saturated heterocycles. The molecule has 1 rings (SSSR count). The van der Waals surface area contributed by atoms with Crippen molar-refractivity contribution < 1.29 is 32.0 Å². The standard InChI is InChI=1S/C25H40O7S/c1-2-3-4-5-6-7-8-9-10-11-12-13-16-19-31-24(26)22-17-14-15-18-23(22)25(27)32-20-21-33(28,29)30/h14-15,17-18H,2-13,16,19-21H2,1H3,(H,28,29,30). The highest BCUT2D eigenvalue weighted by Gasteiger charge is 2.19. The van der Waals surface area contributed by atoms with E-state index in [9.17, 15) is 18.0 Å². The zero-order valence-corrected chi connectivity index (χ0v) is 20.7. The Hall–Kier alpha value is -1.93. The van der Waals surface area contributed by atoms with Crippen molar-refractivity contribution in [2.45, 2.75) is 90.4 Å². The van der Waals surface area contributed by atoms with E-state index in [0.29, 0.717) is 0 Å². The summed E-state index contributed by atoms with van der Waals surface area (Å²) in [6.45, 7) is 2.02. The summed E-state index contributed by atoms with van der Waals surface area (Å²) in [5.74, 6) is -2.16. The molecule has 0 unspecified atom stereocenters. The van der Waals surface area contributed by atoms with Crippen molar-refractivity contribution in [3.8, 4) is 0 Å². The van der Waals surface area contributed by atoms with Crippen molar-refractivity contribution in [2.75, 3.05) is 19.0 Å². The van der Waals surface area contributed by atoms with E-state index in [0.717, 1.165) is 19.3 Å². The Morgan fingerprint density at radius 1 is 0.697 bits per heavy atom. The Morgan fingerprint density at radius 2 is 1.09 bits per heavy atom. The third-order valence-electron chi connectivity index (χ3n) is 5.42. The highest BCUT2D eigenvalue weighted by atomic mass is 32.2. The first-order chi connectivity index (χ1) is 15.8. The third-order valence-corrected chi connectivity index (χ3v) is 6.10. The van der Waals surface area contributed by atoms with E-state index in [1.165, 1.54) is 76.3 Å². The van der Waals surface area contributed by atoms with Gasteiger partial charge in [-0.15, -0.1) is 0 Å². The summed E-state index contributed by atoms with van der Waals surface area (Å²) in [4.78, 5) is 24.5. The monoisotopic (exact) mass is 484 g/mol. The summed E-state index contributed by atoms with van der Waals surface area (Å²) in [6, 6.07) is 6.06. The quantitative estimate of drug-likeness (QED) is 0.146. The minimum atomic E-state index is -4.23. The van der Waals surface area contributed by atoms with E-state index in [1.807, 2.05) is 0 Å². The van der Waals surface area contributed by atoms with Gasteiger partial charge >= 0.3 is 11.9 Å². The molecule has 0 aliphatic rings. The molecule has 0 aromatic heterocycles. The normalized spacial score (nSPS) is 11.3. The van der Waals surface area contributed by atoms with E-state index in [-0.39, 0.29) is 17.7 Å². The van der Waals surface area contributed by atoms with Crippen molar-refractivity contribution >= 4 is 22.1 Å². The fourth-order valence-electron chi connectivity index (χ4n) is 3.52. The smallest absolute Gasteiger partial charge is 0.339 e. The van der Waals surface area contributed by atoms with Gasteiger partial charge in [0.05, 0.1) is 17.7 Å². The van der Waals surface area contributed by atoms with Crippen LogP contribution in [0.1, 0.15) is 111 Å². The topological polar surface area (TPSA) is 107 Å². The fraction of sp³-hybridized carbons (Fsp3) is 0.680. The third kappa shape index (κ3) is 14.8. The summed E-state index contributed by atoms with van der Waals surface area (Å²) < 4.78 is 40.3. The SMILES string of the molecule is CCCCCCCCCCCCCCCOC(=O)c1ccccc1C(=O)OCCS(=O)(=O)O. The van der Waals surface area contributed by atoms with E-state index < -0.39 is 34.4 Å². The van der Waals surface area contributed by atoms with Gasteiger partial charge in [0.15, 0.2) is 0 Å². The van der Waals surface area contributed by atoms with Crippen LogP contribution in [0.3, 0.4) is 0 Å². The maximum atomic E-state index is 12.4. The summed E-state index contributed by atoms with van der Waals surface area (Å²) in [6.07, 6.45) is 16.0. The van der Waals surface area contributed by atoms with Crippen LogP contribution in [0.15, 0.2) is 24.3 Å². The van der Waals surface area contributed by atoms with Crippen molar-refractivity contribution in [3.63, 3.8) is 0 Å². The average molecular weight is 485 g/mol. The lowest BCUT2D eigenvalue weighted by atomic mass is 10.0. The van der Waals surface area contributed by atoms with Crippen molar-refractivity contribution in [2.24, 2.45) is 0 Å². The number of esters is 2. The second-order valence-corrected chi connectivity index (χ2v) is 9.92. The fourth-order valence-corrected chi connectivity index (χ4v) is 3.81. The number of carbonyl (C=O) groups is 2. The molecule has 0 bridgehead atoms. The summed E-state index contributed by atoms with van der Waals surface area (Å²) in [5, 5.41) is 0. The van der Waals surface area contributed by atoms with Gasteiger partial charge in [-0.1, -0.05) is 96.1 Å². The number of hydrogen-bond acceptors (Lipinski definition) is 6. The van der Waals surface area contributed by atoms with Gasteiger partial charge in [0.1, 0.15) is 12.4 Å². The molecule has 1 aromatic rings. The van der Waals surface area contributed by atoms with Crippen molar-refractivity contribution in [1.82, 2.24) is 0 Å². The lowest BCUT2D eigenvalue weighted by Crippen LogP contribution is -2.18. The van der Waals surface area contributed by atoms with Crippen LogP contribution in [0.4, 0.5) is 0 Å². The van der Waals surface area contributed by atoms with Gasteiger partial charge < -0.3 is 9.47 Å². The van der Waals surface area contributed by atoms with E-state index in [2.05, 4.69) is 6.92 Å². The Bertz CT molecular complexity index is 790. The molecule has 7 nitrogen and oxygen atoms in total. The Balaban J connectivity index is 2.17. The van der Waals surface area contributed by atoms with Gasteiger partial charge in [-0.05, 0) is 18.6 Å². The van der Waals surface area contributed by atoms with Crippen LogP contribution in [0.2, 0.25) is 0 Å². The molecule has 0 radical (unpaired) electrons. The molecule has 0 atom stereocenters. The molecule has 0 fully saturated rings. The number of ether oxygens (including phenoxy) is 2. The number of benzene rings is 1. The molecular formula is C25H40O7S. The molecule has 0 aliphatic carbocycles. The minimum absolute atomic E-state index is 0.00296. The van der Waals surface area contributed by atoms with E-state index in [4.69, 9.17) is 14.0 Å². The van der Waals surface area contributed by atoms with Crippen molar-refractivity contribution in [1.29, 1.82) is 0 Å². The Morgan fingerprint density at radius 3 is 1.52 bits per heavy atom. The molecule has 1 aromatic carbocycles. The van der Waals surface area contributed by atoms with Crippen LogP contribution in [-0.4, -0.2) is 43.9 Å². The molecule has 1 N–H and O–H groups in total. The summed E-state index contributed by atoms with van der Waals surface area (Å²) >= 11 is 0. The minimum Gasteiger partial charge on any atom is -0.462 e. The van der Waals surface area contributed by atoms with Crippen LogP contribution >= 0.6 is 0 Å². The maximum absolute atomic E-state index is 12.4. The van der Waals surface area contributed by atoms with Crippen LogP contribution < -0.4 is 0 Å². The number of unbranched alkanes of at least 4 members (excludes halogenated alkanes) is 12. The molecule has 188 valence electrons. The van der Waals surface area contributed by atoms with Gasteiger partial charge in [-0.3, -0.25) is 4.55 Å². The number of rotatable bonds is 19. The second kappa shape index (κ2) is 17.5. The maximum Gasteiger partial charge on any atom is 0.339 e. The molecule has 0 saturated carbocycles. The lowest BCUT2D eigenvalue weighted by Gasteiger charge is -2.09. The van der Waals surface area contributed by atoms with Gasteiger partial charge in [-0.25, -0.2) is 9.59 Å². The van der Waals surface area contributed by atoms with Crippen LogP contribution in [-0.2, 0) is 19.6 Å². The predicted molar refractivity (Wildman–Crippen MR) is 129 cm³/mol. The van der Waals surface area contributed by atoms with Crippen molar-refractivity contribution in [3.05, 3.63) is 35.4 Å². The zero-order valence-electron chi connectivity index (χ0n) is 19.9. The van der Waals surface area contributed by atoms with Gasteiger partial charge in [0.2, 0.25) is 0 Å². The Labute approximate surface area is 199 Å². The second-order valence-electron chi connectivity index (χ2n) is 8.35. The average Bonchev–Trinajstić information content (AvgIpc) is 2.78. The number of carbonyl (C=O) groups excluding carboxylic acids is 2. The van der Waals surface area contributed by atoms with Gasteiger partial charge in [0.25, 0.3) is 10.1 Å². The van der Waals surface area contributed by atoms with E-state index >= 15 is 0 Å². The first kappa shape index (κ1) is 29.1. The molecule has 8 heteroatoms. The first-order valence-corrected chi connectivity index (χ1v) is 13.8. The molecule has 0 heterocycles. The van der Waals surface area contributed by atoms with E-state index in [1.54, 1.807) is 12.1 Å². The van der Waals surface area contributed by atoms with Crippen LogP contribution in [0, 0.1) is 0 Å². The van der Waals surface area contributed by atoms with Gasteiger partial charge in [0, 0.05) is 0 Å². The van der Waals surface area contributed by atoms with Gasteiger partial charge in [-0.2, -0.15) is 8.42 Å². The summed E-state index contributed by atoms with van der Waals surface area (Å²) in [5.41, 5.74) is 0.0762. The molecule has 0 aliphatic heterocycles. The first-order valence-electron chi connectivity index (χ1n) is 12.2. The highest BCUT2D eigenvalue weighted by Crippen LogP contribution is 2.14. The highest BCUT2D eigenvalue weighted by molar-refractivity contribution is 7.85. The molecule has 0 amide bonds. The molecule has 0 spiro atoms. The lowest BCUT2D eigenvalue weighted by molar-refractivity contribution is 0.0463. The largest absolute Gasteiger partial charge is 0.462 e. The number of hydrogen-bond donors (Lipinski definition) is 1. The summed E-state index contributed by atoms with van der Waals surface area (Å²) in [7, 11) is -4.23.